The van der Waals surface area contributed by atoms with Gasteiger partial charge in [0.25, 0.3) is 5.56 Å². The summed E-state index contributed by atoms with van der Waals surface area (Å²) in [6, 6.07) is 1.70. The van der Waals surface area contributed by atoms with Gasteiger partial charge in [0.2, 0.25) is 0 Å². The summed E-state index contributed by atoms with van der Waals surface area (Å²) in [5.41, 5.74) is 0.936. The third kappa shape index (κ3) is 2.49. The van der Waals surface area contributed by atoms with Crippen molar-refractivity contribution in [2.24, 2.45) is 0 Å². The van der Waals surface area contributed by atoms with Crippen molar-refractivity contribution in [1.29, 1.82) is 0 Å². The maximum Gasteiger partial charge on any atom is 0.268 e. The highest BCUT2D eigenvalue weighted by Gasteiger charge is 2.24. The summed E-state index contributed by atoms with van der Waals surface area (Å²) >= 11 is 0. The van der Waals surface area contributed by atoms with E-state index < -0.39 is 0 Å². The van der Waals surface area contributed by atoms with Crippen LogP contribution in [-0.2, 0) is 11.3 Å². The highest BCUT2D eigenvalue weighted by molar-refractivity contribution is 5.43. The molecule has 3 heterocycles. The Labute approximate surface area is 100.0 Å². The van der Waals surface area contributed by atoms with Gasteiger partial charge in [-0.2, -0.15) is 5.10 Å². The lowest BCUT2D eigenvalue weighted by atomic mass is 10.1. The minimum absolute atomic E-state index is 0.0245. The van der Waals surface area contributed by atoms with Crippen molar-refractivity contribution in [3.8, 4) is 0 Å². The Morgan fingerprint density at radius 1 is 1.35 bits per heavy atom. The normalized spacial score (nSPS) is 23.8. The van der Waals surface area contributed by atoms with Crippen LogP contribution in [0.2, 0.25) is 0 Å². The molecule has 1 aromatic rings. The van der Waals surface area contributed by atoms with Crippen molar-refractivity contribution >= 4 is 5.69 Å². The molecule has 0 aromatic carbocycles. The van der Waals surface area contributed by atoms with Gasteiger partial charge in [-0.05, 0) is 19.3 Å². The molecule has 5 nitrogen and oxygen atoms in total. The molecule has 0 radical (unpaired) electrons. The first-order valence-electron chi connectivity index (χ1n) is 6.27. The monoisotopic (exact) mass is 235 g/mol. The second kappa shape index (κ2) is 4.49. The van der Waals surface area contributed by atoms with Crippen LogP contribution >= 0.6 is 0 Å². The summed E-state index contributed by atoms with van der Waals surface area (Å²) in [5.74, 6) is 0. The van der Waals surface area contributed by atoms with Crippen molar-refractivity contribution in [1.82, 2.24) is 9.78 Å². The predicted octanol–water partition coefficient (Wildman–Crippen LogP) is 0.632. The standard InChI is InChI=1S/C12H17N3O2/c16-12-6-10(14-4-2-1-3-5-14)7-13-15(12)8-11-9-17-11/h6-7,11H,1-5,8-9H2. The molecule has 5 heteroatoms. The van der Waals surface area contributed by atoms with Gasteiger partial charge in [-0.15, -0.1) is 0 Å². The zero-order valence-corrected chi connectivity index (χ0v) is 9.84. The van der Waals surface area contributed by atoms with Gasteiger partial charge in [-0.1, -0.05) is 0 Å². The third-order valence-electron chi connectivity index (χ3n) is 3.36. The Morgan fingerprint density at radius 2 is 2.12 bits per heavy atom. The van der Waals surface area contributed by atoms with Crippen molar-refractivity contribution < 1.29 is 4.74 Å². The van der Waals surface area contributed by atoms with Gasteiger partial charge in [-0.3, -0.25) is 4.79 Å². The van der Waals surface area contributed by atoms with Crippen molar-refractivity contribution in [3.63, 3.8) is 0 Å². The summed E-state index contributed by atoms with van der Waals surface area (Å²) in [6.45, 7) is 3.41. The molecular weight excluding hydrogens is 218 g/mol. The summed E-state index contributed by atoms with van der Waals surface area (Å²) in [6.07, 6.45) is 5.70. The van der Waals surface area contributed by atoms with Gasteiger partial charge >= 0.3 is 0 Å². The summed E-state index contributed by atoms with van der Waals surface area (Å²) in [7, 11) is 0. The van der Waals surface area contributed by atoms with Crippen LogP contribution in [0.15, 0.2) is 17.1 Å². The van der Waals surface area contributed by atoms with Crippen molar-refractivity contribution in [3.05, 3.63) is 22.6 Å². The number of aromatic nitrogens is 2. The first-order valence-corrected chi connectivity index (χ1v) is 6.27. The SMILES string of the molecule is O=c1cc(N2CCCCC2)cnn1CC1CO1. The van der Waals surface area contributed by atoms with Gasteiger partial charge in [-0.25, -0.2) is 4.68 Å². The van der Waals surface area contributed by atoms with E-state index in [4.69, 9.17) is 4.74 Å². The molecule has 0 bridgehead atoms. The Morgan fingerprint density at radius 3 is 2.76 bits per heavy atom. The lowest BCUT2D eigenvalue weighted by molar-refractivity contribution is 0.368. The Hall–Kier alpha value is -1.36. The smallest absolute Gasteiger partial charge is 0.268 e. The van der Waals surface area contributed by atoms with Crippen LogP contribution in [-0.4, -0.2) is 35.6 Å². The fourth-order valence-corrected chi connectivity index (χ4v) is 2.25. The second-order valence-corrected chi connectivity index (χ2v) is 4.74. The molecular formula is C12H17N3O2. The second-order valence-electron chi connectivity index (χ2n) is 4.74. The van der Waals surface area contributed by atoms with E-state index in [0.717, 1.165) is 25.4 Å². The molecule has 17 heavy (non-hydrogen) atoms. The zero-order chi connectivity index (χ0) is 11.7. The average Bonchev–Trinajstić information content (AvgIpc) is 3.17. The lowest BCUT2D eigenvalue weighted by Gasteiger charge is -2.28. The molecule has 2 aliphatic heterocycles. The molecule has 1 aromatic heterocycles. The number of ether oxygens (including phenoxy) is 1. The molecule has 0 amide bonds. The number of hydrogen-bond donors (Lipinski definition) is 0. The molecule has 2 fully saturated rings. The van der Waals surface area contributed by atoms with E-state index in [2.05, 4.69) is 10.00 Å². The number of piperidine rings is 1. The number of anilines is 1. The summed E-state index contributed by atoms with van der Waals surface area (Å²) in [4.78, 5) is 14.1. The van der Waals surface area contributed by atoms with Gasteiger partial charge in [0, 0.05) is 19.2 Å². The average molecular weight is 235 g/mol. The molecule has 0 aliphatic carbocycles. The van der Waals surface area contributed by atoms with Crippen LogP contribution < -0.4 is 10.5 Å². The molecule has 0 spiro atoms. The van der Waals surface area contributed by atoms with Gasteiger partial charge in [0.05, 0.1) is 25.0 Å². The van der Waals surface area contributed by atoms with Crippen molar-refractivity contribution in [2.45, 2.75) is 31.9 Å². The maximum atomic E-state index is 11.9. The van der Waals surface area contributed by atoms with Crippen LogP contribution in [0.5, 0.6) is 0 Å². The quantitative estimate of drug-likeness (QED) is 0.721. The van der Waals surface area contributed by atoms with E-state index in [1.165, 1.54) is 23.9 Å². The topological polar surface area (TPSA) is 50.7 Å². The highest BCUT2D eigenvalue weighted by Crippen LogP contribution is 2.17. The Balaban J connectivity index is 1.76. The number of hydrogen-bond acceptors (Lipinski definition) is 4. The summed E-state index contributed by atoms with van der Waals surface area (Å²) in [5, 5.41) is 4.22. The first kappa shape index (κ1) is 10.8. The van der Waals surface area contributed by atoms with E-state index in [-0.39, 0.29) is 11.7 Å². The van der Waals surface area contributed by atoms with Gasteiger partial charge in [0.1, 0.15) is 6.10 Å². The van der Waals surface area contributed by atoms with Gasteiger partial charge in [0.15, 0.2) is 0 Å². The molecule has 1 unspecified atom stereocenters. The van der Waals surface area contributed by atoms with E-state index in [1.54, 1.807) is 12.3 Å². The lowest BCUT2D eigenvalue weighted by Crippen LogP contribution is -2.32. The molecule has 2 saturated heterocycles. The predicted molar refractivity (Wildman–Crippen MR) is 64.3 cm³/mol. The molecule has 0 saturated carbocycles. The first-order chi connectivity index (χ1) is 8.33. The van der Waals surface area contributed by atoms with Crippen LogP contribution in [0.1, 0.15) is 19.3 Å². The Bertz CT molecular complexity index is 447. The van der Waals surface area contributed by atoms with E-state index in [0.29, 0.717) is 6.54 Å². The van der Waals surface area contributed by atoms with E-state index >= 15 is 0 Å². The van der Waals surface area contributed by atoms with Crippen LogP contribution in [0, 0.1) is 0 Å². The summed E-state index contributed by atoms with van der Waals surface area (Å²) < 4.78 is 6.60. The Kier molecular flexibility index (Phi) is 2.84. The maximum absolute atomic E-state index is 11.9. The molecule has 1 atom stereocenters. The van der Waals surface area contributed by atoms with E-state index in [1.807, 2.05) is 0 Å². The molecule has 3 rings (SSSR count). The van der Waals surface area contributed by atoms with Gasteiger partial charge < -0.3 is 9.64 Å². The number of epoxide rings is 1. The number of nitrogens with zero attached hydrogens (tertiary/aromatic N) is 3. The number of rotatable bonds is 3. The highest BCUT2D eigenvalue weighted by atomic mass is 16.6. The van der Waals surface area contributed by atoms with Crippen LogP contribution in [0.4, 0.5) is 5.69 Å². The minimum atomic E-state index is -0.0245. The van der Waals surface area contributed by atoms with Crippen LogP contribution in [0.25, 0.3) is 0 Å². The zero-order valence-electron chi connectivity index (χ0n) is 9.84. The van der Waals surface area contributed by atoms with Crippen molar-refractivity contribution in [2.75, 3.05) is 24.6 Å². The van der Waals surface area contributed by atoms with Crippen LogP contribution in [0.3, 0.4) is 0 Å². The third-order valence-corrected chi connectivity index (χ3v) is 3.36. The molecule has 2 aliphatic rings. The fraction of sp³-hybridized carbons (Fsp3) is 0.667. The fourth-order valence-electron chi connectivity index (χ4n) is 2.25. The molecule has 0 N–H and O–H groups in total. The minimum Gasteiger partial charge on any atom is -0.371 e. The molecule has 92 valence electrons. The van der Waals surface area contributed by atoms with E-state index in [9.17, 15) is 4.79 Å². The largest absolute Gasteiger partial charge is 0.371 e.